The molecule has 3 rings (SSSR count). The number of fused-ring (bicyclic) bond motifs is 1. The molecule has 2 aromatic rings. The van der Waals surface area contributed by atoms with Crippen LogP contribution in [0.5, 0.6) is 5.75 Å². The number of amides is 1. The molecular weight excluding hydrogens is 348 g/mol. The fraction of sp³-hybridized carbons (Fsp3) is 0.474. The van der Waals surface area contributed by atoms with Gasteiger partial charge in [0, 0.05) is 43.4 Å². The molecule has 140 valence electrons. The highest BCUT2D eigenvalue weighted by atomic mass is 32.1. The number of methoxy groups -OCH3 is 1. The van der Waals surface area contributed by atoms with Crippen molar-refractivity contribution in [3.8, 4) is 5.75 Å². The maximum atomic E-state index is 12.3. The van der Waals surface area contributed by atoms with E-state index in [1.807, 2.05) is 39.2 Å². The summed E-state index contributed by atoms with van der Waals surface area (Å²) >= 11 is 1.67. The number of ether oxygens (including phenoxy) is 1. The van der Waals surface area contributed by atoms with Crippen LogP contribution in [0.25, 0.3) is 0 Å². The first-order valence-corrected chi connectivity index (χ1v) is 9.45. The van der Waals surface area contributed by atoms with Crippen LogP contribution in [0.3, 0.4) is 0 Å². The van der Waals surface area contributed by atoms with Crippen LogP contribution >= 0.6 is 11.3 Å². The van der Waals surface area contributed by atoms with Gasteiger partial charge in [0.25, 0.3) is 0 Å². The average Bonchev–Trinajstić information content (AvgIpc) is 2.95. The van der Waals surface area contributed by atoms with Gasteiger partial charge in [0.15, 0.2) is 5.13 Å². The number of nitrogens with zero attached hydrogens (tertiary/aromatic N) is 3. The first kappa shape index (κ1) is 18.7. The highest BCUT2D eigenvalue weighted by molar-refractivity contribution is 7.15. The first-order valence-electron chi connectivity index (χ1n) is 8.64. The summed E-state index contributed by atoms with van der Waals surface area (Å²) in [7, 11) is 9.76. The molecular formula is C19H26N4O2S. The summed E-state index contributed by atoms with van der Waals surface area (Å²) in [6, 6.07) is 6.24. The van der Waals surface area contributed by atoms with Crippen LogP contribution in [0.2, 0.25) is 0 Å². The molecule has 0 aliphatic carbocycles. The Balaban J connectivity index is 2.05. The normalized spacial score (nSPS) is 16.8. The second-order valence-electron chi connectivity index (χ2n) is 7.04. The molecule has 7 heteroatoms. The molecule has 1 aliphatic heterocycles. The highest BCUT2D eigenvalue weighted by Crippen LogP contribution is 2.40. The maximum absolute atomic E-state index is 12.3. The van der Waals surface area contributed by atoms with Crippen molar-refractivity contribution in [1.82, 2.24) is 15.2 Å². The second-order valence-corrected chi connectivity index (χ2v) is 8.05. The molecule has 1 amide bonds. The Morgan fingerprint density at radius 2 is 2.08 bits per heavy atom. The SMILES string of the molecule is COc1ccc([C@H]2CC(=O)NCc3nc(N(C)C)sc32)cc1CN(C)C. The molecule has 1 atom stereocenters. The molecule has 6 nitrogen and oxygen atoms in total. The van der Waals surface area contributed by atoms with Crippen LogP contribution in [0.1, 0.15) is 34.0 Å². The molecule has 1 N–H and O–H groups in total. The van der Waals surface area contributed by atoms with Gasteiger partial charge < -0.3 is 19.9 Å². The topological polar surface area (TPSA) is 57.7 Å². The zero-order valence-corrected chi connectivity index (χ0v) is 16.8. The predicted octanol–water partition coefficient (Wildman–Crippen LogP) is 2.43. The van der Waals surface area contributed by atoms with Crippen LogP contribution < -0.4 is 15.0 Å². The second kappa shape index (κ2) is 7.63. The lowest BCUT2D eigenvalue weighted by molar-refractivity contribution is -0.121. The molecule has 26 heavy (non-hydrogen) atoms. The zero-order valence-electron chi connectivity index (χ0n) is 16.0. The molecule has 0 saturated carbocycles. The number of thiazole rings is 1. The van der Waals surface area contributed by atoms with E-state index in [2.05, 4.69) is 22.3 Å². The molecule has 0 saturated heterocycles. The lowest BCUT2D eigenvalue weighted by Crippen LogP contribution is -2.21. The summed E-state index contributed by atoms with van der Waals surface area (Å²) < 4.78 is 5.52. The van der Waals surface area contributed by atoms with Crippen LogP contribution in [0.15, 0.2) is 18.2 Å². The van der Waals surface area contributed by atoms with E-state index >= 15 is 0 Å². The van der Waals surface area contributed by atoms with Gasteiger partial charge in [-0.25, -0.2) is 4.98 Å². The number of anilines is 1. The summed E-state index contributed by atoms with van der Waals surface area (Å²) in [4.78, 5) is 22.3. The summed E-state index contributed by atoms with van der Waals surface area (Å²) in [6.07, 6.45) is 0.440. The van der Waals surface area contributed by atoms with E-state index in [-0.39, 0.29) is 11.8 Å². The van der Waals surface area contributed by atoms with Gasteiger partial charge in [0.1, 0.15) is 5.75 Å². The summed E-state index contributed by atoms with van der Waals surface area (Å²) in [5.74, 6) is 0.959. The number of carbonyl (C=O) groups is 1. The van der Waals surface area contributed by atoms with Gasteiger partial charge in [0.2, 0.25) is 5.91 Å². The quantitative estimate of drug-likeness (QED) is 0.871. The fourth-order valence-corrected chi connectivity index (χ4v) is 4.35. The molecule has 0 unspecified atom stereocenters. The van der Waals surface area contributed by atoms with Gasteiger partial charge in [0.05, 0.1) is 19.3 Å². The van der Waals surface area contributed by atoms with E-state index in [1.165, 1.54) is 4.88 Å². The van der Waals surface area contributed by atoms with E-state index in [4.69, 9.17) is 9.72 Å². The molecule has 1 aromatic heterocycles. The Morgan fingerprint density at radius 3 is 2.73 bits per heavy atom. The van der Waals surface area contributed by atoms with Crippen molar-refractivity contribution in [3.05, 3.63) is 39.9 Å². The number of benzene rings is 1. The third-order valence-electron chi connectivity index (χ3n) is 4.45. The molecule has 0 radical (unpaired) electrons. The third-order valence-corrected chi connectivity index (χ3v) is 5.83. The van der Waals surface area contributed by atoms with Crippen molar-refractivity contribution in [2.75, 3.05) is 40.2 Å². The number of rotatable bonds is 5. The minimum atomic E-state index is 0.0190. The lowest BCUT2D eigenvalue weighted by Gasteiger charge is -2.19. The summed E-state index contributed by atoms with van der Waals surface area (Å²) in [5, 5.41) is 3.95. The molecule has 0 fully saturated rings. The standard InChI is InChI=1S/C19H26N4O2S/c1-22(2)11-13-8-12(6-7-16(13)25-5)14-9-17(24)20-10-15-18(14)26-19(21-15)23(3)4/h6-8,14H,9-11H2,1-5H3,(H,20,24)/t14-/m1/s1. The molecule has 2 heterocycles. The number of carbonyl (C=O) groups excluding carboxylic acids is 1. The predicted molar refractivity (Wildman–Crippen MR) is 105 cm³/mol. The van der Waals surface area contributed by atoms with E-state index in [9.17, 15) is 4.79 Å². The molecule has 0 bridgehead atoms. The van der Waals surface area contributed by atoms with Crippen LogP contribution in [0.4, 0.5) is 5.13 Å². The summed E-state index contributed by atoms with van der Waals surface area (Å²) in [6.45, 7) is 1.28. The van der Waals surface area contributed by atoms with Gasteiger partial charge in [-0.2, -0.15) is 0 Å². The van der Waals surface area contributed by atoms with E-state index < -0.39 is 0 Å². The van der Waals surface area contributed by atoms with Crippen LogP contribution in [0, 0.1) is 0 Å². The number of hydrogen-bond acceptors (Lipinski definition) is 6. The van der Waals surface area contributed by atoms with Gasteiger partial charge in [-0.05, 0) is 25.7 Å². The highest BCUT2D eigenvalue weighted by Gasteiger charge is 2.29. The maximum Gasteiger partial charge on any atom is 0.221 e. The largest absolute Gasteiger partial charge is 0.496 e. The number of aromatic nitrogens is 1. The molecule has 1 aliphatic rings. The molecule has 0 spiro atoms. The van der Waals surface area contributed by atoms with Gasteiger partial charge in [-0.15, -0.1) is 11.3 Å². The Hall–Kier alpha value is -2.12. The Bertz CT molecular complexity index is 801. The lowest BCUT2D eigenvalue weighted by atomic mass is 9.92. The Kier molecular flexibility index (Phi) is 5.48. The van der Waals surface area contributed by atoms with Gasteiger partial charge in [-0.1, -0.05) is 12.1 Å². The van der Waals surface area contributed by atoms with Gasteiger partial charge >= 0.3 is 0 Å². The van der Waals surface area contributed by atoms with Gasteiger partial charge in [-0.3, -0.25) is 4.79 Å². The van der Waals surface area contributed by atoms with E-state index in [0.29, 0.717) is 13.0 Å². The molecule has 1 aromatic carbocycles. The first-order chi connectivity index (χ1) is 12.4. The number of nitrogens with one attached hydrogen (secondary N) is 1. The van der Waals surface area contributed by atoms with Crippen LogP contribution in [-0.2, 0) is 17.9 Å². The minimum absolute atomic E-state index is 0.0190. The van der Waals surface area contributed by atoms with Crippen molar-refractivity contribution in [2.24, 2.45) is 0 Å². The van der Waals surface area contributed by atoms with Crippen LogP contribution in [-0.4, -0.2) is 51.1 Å². The van der Waals surface area contributed by atoms with Crippen molar-refractivity contribution in [2.45, 2.75) is 25.4 Å². The van der Waals surface area contributed by atoms with Crippen molar-refractivity contribution < 1.29 is 9.53 Å². The third kappa shape index (κ3) is 3.83. The summed E-state index contributed by atoms with van der Waals surface area (Å²) in [5.41, 5.74) is 3.23. The monoisotopic (exact) mass is 374 g/mol. The Labute approximate surface area is 158 Å². The smallest absolute Gasteiger partial charge is 0.221 e. The van der Waals surface area contributed by atoms with E-state index in [1.54, 1.807) is 18.4 Å². The zero-order chi connectivity index (χ0) is 18.8. The minimum Gasteiger partial charge on any atom is -0.496 e. The fourth-order valence-electron chi connectivity index (χ4n) is 3.22. The van der Waals surface area contributed by atoms with Crippen molar-refractivity contribution in [3.63, 3.8) is 0 Å². The van der Waals surface area contributed by atoms with E-state index in [0.717, 1.165) is 34.2 Å². The average molecular weight is 375 g/mol. The van der Waals surface area contributed by atoms with Crippen molar-refractivity contribution in [1.29, 1.82) is 0 Å². The Morgan fingerprint density at radius 1 is 1.31 bits per heavy atom. The number of hydrogen-bond donors (Lipinski definition) is 1. The van der Waals surface area contributed by atoms with Crippen molar-refractivity contribution >= 4 is 22.4 Å².